The van der Waals surface area contributed by atoms with Gasteiger partial charge < -0.3 is 15.0 Å². The summed E-state index contributed by atoms with van der Waals surface area (Å²) in [7, 11) is 0. The molecule has 0 saturated carbocycles. The molecule has 0 aliphatic carbocycles. The number of nitro benzene ring substituents is 1. The van der Waals surface area contributed by atoms with Crippen LogP contribution < -0.4 is 5.32 Å². The van der Waals surface area contributed by atoms with Crippen LogP contribution in [0.4, 0.5) is 5.69 Å². The number of morpholine rings is 1. The summed E-state index contributed by atoms with van der Waals surface area (Å²) in [6.07, 6.45) is 2.90. The summed E-state index contributed by atoms with van der Waals surface area (Å²) >= 11 is 0. The number of amides is 1. The lowest BCUT2D eigenvalue weighted by Gasteiger charge is -2.26. The predicted octanol–water partition coefficient (Wildman–Crippen LogP) is 3.61. The van der Waals surface area contributed by atoms with Gasteiger partial charge in [0.2, 0.25) is 5.91 Å². The van der Waals surface area contributed by atoms with Gasteiger partial charge in [-0.2, -0.15) is 0 Å². The van der Waals surface area contributed by atoms with E-state index in [1.807, 2.05) is 18.3 Å². The average Bonchev–Trinajstić information content (AvgIpc) is 3.27. The number of nitrogens with one attached hydrogen (secondary N) is 2. The summed E-state index contributed by atoms with van der Waals surface area (Å²) in [5.74, 6) is -0.553. The normalized spacial score (nSPS) is 15.4. The molecule has 8 heteroatoms. The van der Waals surface area contributed by atoms with E-state index in [9.17, 15) is 14.9 Å². The Morgan fingerprint density at radius 1 is 1.18 bits per heavy atom. The fraction of sp³-hybridized carbons (Fsp3) is 0.400. The molecule has 4 rings (SSSR count). The first kappa shape index (κ1) is 22.9. The van der Waals surface area contributed by atoms with Gasteiger partial charge in [-0.15, -0.1) is 0 Å². The number of rotatable bonds is 9. The van der Waals surface area contributed by atoms with Crippen molar-refractivity contribution >= 4 is 22.5 Å². The highest BCUT2D eigenvalue weighted by Crippen LogP contribution is 2.38. The molecule has 1 aliphatic rings. The maximum absolute atomic E-state index is 13.0. The number of nitro groups is 1. The highest BCUT2D eigenvalue weighted by atomic mass is 16.6. The molecule has 1 aromatic heterocycles. The number of H-pyrrole nitrogens is 1. The van der Waals surface area contributed by atoms with E-state index in [4.69, 9.17) is 4.74 Å². The van der Waals surface area contributed by atoms with Crippen LogP contribution in [-0.2, 0) is 16.0 Å². The molecule has 0 unspecified atom stereocenters. The molecule has 1 amide bonds. The number of carbonyl (C=O) groups is 1. The van der Waals surface area contributed by atoms with E-state index in [1.54, 1.807) is 18.2 Å². The fourth-order valence-electron chi connectivity index (χ4n) is 4.59. The third-order valence-electron chi connectivity index (χ3n) is 6.34. The van der Waals surface area contributed by atoms with Crippen LogP contribution in [0.15, 0.2) is 48.7 Å². The van der Waals surface area contributed by atoms with Gasteiger partial charge in [-0.05, 0) is 17.5 Å². The highest BCUT2D eigenvalue weighted by Gasteiger charge is 2.28. The van der Waals surface area contributed by atoms with Crippen LogP contribution in [0.3, 0.4) is 0 Å². The molecule has 0 radical (unpaired) electrons. The zero-order valence-electron chi connectivity index (χ0n) is 18.9. The van der Waals surface area contributed by atoms with Crippen LogP contribution in [0.5, 0.6) is 0 Å². The summed E-state index contributed by atoms with van der Waals surface area (Å²) in [5.41, 5.74) is 3.68. The second-order valence-electron chi connectivity index (χ2n) is 8.31. The lowest BCUT2D eigenvalue weighted by molar-refractivity contribution is -0.385. The van der Waals surface area contributed by atoms with Crippen LogP contribution in [0, 0.1) is 10.1 Å². The molecule has 8 nitrogen and oxygen atoms in total. The van der Waals surface area contributed by atoms with Crippen LogP contribution in [0.2, 0.25) is 0 Å². The molecule has 3 aromatic rings. The zero-order chi connectivity index (χ0) is 23.2. The number of fused-ring (bicyclic) bond motifs is 1. The molecule has 33 heavy (non-hydrogen) atoms. The summed E-state index contributed by atoms with van der Waals surface area (Å²) < 4.78 is 5.37. The Morgan fingerprint density at radius 2 is 1.97 bits per heavy atom. The van der Waals surface area contributed by atoms with Crippen molar-refractivity contribution in [2.45, 2.75) is 25.7 Å². The maximum Gasteiger partial charge on any atom is 0.273 e. The molecule has 174 valence electrons. The van der Waals surface area contributed by atoms with Crippen LogP contribution in [0.1, 0.15) is 36.0 Å². The van der Waals surface area contributed by atoms with Gasteiger partial charge in [0.15, 0.2) is 0 Å². The zero-order valence-corrected chi connectivity index (χ0v) is 18.9. The largest absolute Gasteiger partial charge is 0.379 e. The first-order valence-corrected chi connectivity index (χ1v) is 11.5. The number of nitrogens with zero attached hydrogens (tertiary/aromatic N) is 2. The predicted molar refractivity (Wildman–Crippen MR) is 128 cm³/mol. The molecule has 1 fully saturated rings. The number of aromatic nitrogens is 1. The molecular formula is C25H30N4O4. The molecule has 2 heterocycles. The van der Waals surface area contributed by atoms with Crippen LogP contribution in [0.25, 0.3) is 10.9 Å². The number of aromatic amines is 1. The van der Waals surface area contributed by atoms with Crippen molar-refractivity contribution in [1.29, 1.82) is 0 Å². The first-order chi connectivity index (χ1) is 16.1. The van der Waals surface area contributed by atoms with E-state index in [-0.39, 0.29) is 22.9 Å². The van der Waals surface area contributed by atoms with Gasteiger partial charge in [0.05, 0.1) is 18.1 Å². The topological polar surface area (TPSA) is 100 Å². The second-order valence-corrected chi connectivity index (χ2v) is 8.31. The summed E-state index contributed by atoms with van der Waals surface area (Å²) in [6.45, 7) is 6.56. The van der Waals surface area contributed by atoms with E-state index < -0.39 is 5.92 Å². The Balaban J connectivity index is 1.60. The third-order valence-corrected chi connectivity index (χ3v) is 6.34. The van der Waals surface area contributed by atoms with Crippen molar-refractivity contribution in [3.63, 3.8) is 0 Å². The van der Waals surface area contributed by atoms with Crippen molar-refractivity contribution in [2.24, 2.45) is 0 Å². The second kappa shape index (κ2) is 10.6. The van der Waals surface area contributed by atoms with Gasteiger partial charge in [-0.3, -0.25) is 19.8 Å². The van der Waals surface area contributed by atoms with Crippen molar-refractivity contribution in [3.8, 4) is 0 Å². The first-order valence-electron chi connectivity index (χ1n) is 11.5. The number of ether oxygens (including phenoxy) is 1. The minimum atomic E-state index is -0.434. The van der Waals surface area contributed by atoms with E-state index in [0.29, 0.717) is 25.3 Å². The lowest BCUT2D eigenvalue weighted by atomic mass is 9.86. The van der Waals surface area contributed by atoms with Gasteiger partial charge in [0, 0.05) is 67.2 Å². The Kier molecular flexibility index (Phi) is 7.36. The molecule has 0 bridgehead atoms. The molecule has 1 aliphatic heterocycles. The minimum Gasteiger partial charge on any atom is -0.379 e. The number of para-hydroxylation sites is 2. The Morgan fingerprint density at radius 3 is 2.73 bits per heavy atom. The van der Waals surface area contributed by atoms with Crippen LogP contribution in [-0.4, -0.2) is 60.1 Å². The quantitative estimate of drug-likeness (QED) is 0.383. The summed E-state index contributed by atoms with van der Waals surface area (Å²) in [4.78, 5) is 30.0. The number of benzene rings is 2. The Bertz CT molecular complexity index is 1120. The van der Waals surface area contributed by atoms with E-state index >= 15 is 0 Å². The van der Waals surface area contributed by atoms with Gasteiger partial charge >= 0.3 is 0 Å². The number of hydrogen-bond donors (Lipinski definition) is 2. The van der Waals surface area contributed by atoms with E-state index in [0.717, 1.165) is 42.5 Å². The van der Waals surface area contributed by atoms with Gasteiger partial charge in [-0.1, -0.05) is 43.3 Å². The number of aryl methyl sites for hydroxylation is 1. The van der Waals surface area contributed by atoms with Gasteiger partial charge in [-0.25, -0.2) is 0 Å². The molecule has 0 spiro atoms. The monoisotopic (exact) mass is 450 g/mol. The summed E-state index contributed by atoms with van der Waals surface area (Å²) in [5, 5.41) is 15.8. The lowest BCUT2D eigenvalue weighted by Crippen LogP contribution is -2.41. The molecule has 2 aromatic carbocycles. The summed E-state index contributed by atoms with van der Waals surface area (Å²) in [6, 6.07) is 12.8. The van der Waals surface area contributed by atoms with Crippen LogP contribution >= 0.6 is 0 Å². The highest BCUT2D eigenvalue weighted by molar-refractivity contribution is 5.88. The fourth-order valence-corrected chi connectivity index (χ4v) is 4.59. The smallest absolute Gasteiger partial charge is 0.273 e. The van der Waals surface area contributed by atoms with Gasteiger partial charge in [0.25, 0.3) is 5.69 Å². The van der Waals surface area contributed by atoms with Crippen molar-refractivity contribution in [3.05, 3.63) is 75.5 Å². The molecule has 1 saturated heterocycles. The van der Waals surface area contributed by atoms with Crippen molar-refractivity contribution in [2.75, 3.05) is 39.4 Å². The SMILES string of the molecule is CCc1cccc2c([C@H](CC(=O)NCCN3CCOCC3)c3ccccc3[N+](=O)[O-])c[nH]c12. The molecular weight excluding hydrogens is 420 g/mol. The molecule has 2 N–H and O–H groups in total. The molecule has 1 atom stereocenters. The number of carbonyl (C=O) groups excluding carboxylic acids is 1. The van der Waals surface area contributed by atoms with Crippen molar-refractivity contribution in [1.82, 2.24) is 15.2 Å². The average molecular weight is 451 g/mol. The van der Waals surface area contributed by atoms with E-state index in [2.05, 4.69) is 28.2 Å². The number of hydrogen-bond acceptors (Lipinski definition) is 5. The third kappa shape index (κ3) is 5.23. The Hall–Kier alpha value is -3.23. The van der Waals surface area contributed by atoms with E-state index in [1.165, 1.54) is 11.6 Å². The standard InChI is InChI=1S/C25H30N4O4/c1-2-18-6-5-8-20-22(17-27-25(18)20)21(19-7-3-4-9-23(19)29(31)32)16-24(30)26-10-11-28-12-14-33-15-13-28/h3-9,17,21,27H,2,10-16H2,1H3,(H,26,30)/t21-/m1/s1. The van der Waals surface area contributed by atoms with Gasteiger partial charge in [0.1, 0.15) is 0 Å². The minimum absolute atomic E-state index is 0.0320. The maximum atomic E-state index is 13.0. The van der Waals surface area contributed by atoms with Crippen molar-refractivity contribution < 1.29 is 14.5 Å². The Labute approximate surface area is 193 Å².